The van der Waals surface area contributed by atoms with Gasteiger partial charge in [-0.25, -0.2) is 0 Å². The van der Waals surface area contributed by atoms with Crippen molar-refractivity contribution in [3.8, 4) is 5.75 Å². The first-order valence-electron chi connectivity index (χ1n) is 6.49. The number of hydrogen-bond acceptors (Lipinski definition) is 4. The molecule has 98 valence electrons. The molecule has 1 N–H and O–H groups in total. The summed E-state index contributed by atoms with van der Waals surface area (Å²) in [6.45, 7) is 1.23. The van der Waals surface area contributed by atoms with E-state index in [9.17, 15) is 5.11 Å². The minimum absolute atomic E-state index is 0.276. The molecule has 0 spiro atoms. The van der Waals surface area contributed by atoms with Gasteiger partial charge in [0.1, 0.15) is 5.75 Å². The lowest BCUT2D eigenvalue weighted by Gasteiger charge is -2.15. The second-order valence-corrected chi connectivity index (χ2v) is 4.81. The molecule has 3 rings (SSSR count). The Bertz CT molecular complexity index is 379. The maximum atomic E-state index is 10.1. The number of hydrogen-bond donors (Lipinski definition) is 1. The van der Waals surface area contributed by atoms with Gasteiger partial charge >= 0.3 is 0 Å². The molecule has 2 fully saturated rings. The third-order valence-electron chi connectivity index (χ3n) is 3.20. The largest absolute Gasteiger partial charge is 0.490 e. The summed E-state index contributed by atoms with van der Waals surface area (Å²) < 4.78 is 16.3. The second kappa shape index (κ2) is 5.26. The molecule has 1 atom stereocenters. The number of aliphatic hydroxyl groups is 1. The molecule has 1 aromatic carbocycles. The van der Waals surface area contributed by atoms with Crippen LogP contribution >= 0.6 is 0 Å². The highest BCUT2D eigenvalue weighted by atomic mass is 16.7. The van der Waals surface area contributed by atoms with Crippen molar-refractivity contribution in [2.45, 2.75) is 37.8 Å². The normalized spacial score (nSPS) is 22.1. The van der Waals surface area contributed by atoms with Crippen LogP contribution in [-0.4, -0.2) is 30.7 Å². The van der Waals surface area contributed by atoms with Gasteiger partial charge in [-0.05, 0) is 30.5 Å². The van der Waals surface area contributed by atoms with Crippen LogP contribution in [-0.2, 0) is 9.47 Å². The Morgan fingerprint density at radius 2 is 1.83 bits per heavy atom. The van der Waals surface area contributed by atoms with Crippen molar-refractivity contribution in [3.05, 3.63) is 29.8 Å². The number of aliphatic hydroxyl groups excluding tert-OH is 1. The van der Waals surface area contributed by atoms with Gasteiger partial charge in [-0.15, -0.1) is 0 Å². The summed E-state index contributed by atoms with van der Waals surface area (Å²) in [4.78, 5) is 0. The van der Waals surface area contributed by atoms with E-state index in [2.05, 4.69) is 0 Å². The van der Waals surface area contributed by atoms with Crippen molar-refractivity contribution in [3.63, 3.8) is 0 Å². The van der Waals surface area contributed by atoms with E-state index in [-0.39, 0.29) is 6.29 Å². The first kappa shape index (κ1) is 12.0. The average molecular weight is 250 g/mol. The maximum Gasteiger partial charge on any atom is 0.160 e. The van der Waals surface area contributed by atoms with Crippen molar-refractivity contribution in [1.29, 1.82) is 0 Å². The fraction of sp³-hybridized carbons (Fsp3) is 0.571. The van der Waals surface area contributed by atoms with Gasteiger partial charge in [0.15, 0.2) is 6.29 Å². The molecule has 4 heteroatoms. The SMILES string of the molecule is OC(CC1OCCO1)c1ccc(OC2CC2)cc1. The zero-order valence-corrected chi connectivity index (χ0v) is 10.2. The van der Waals surface area contributed by atoms with E-state index in [0.717, 1.165) is 24.2 Å². The minimum atomic E-state index is -0.553. The molecule has 1 saturated heterocycles. The monoisotopic (exact) mass is 250 g/mol. The van der Waals surface area contributed by atoms with Gasteiger partial charge in [0, 0.05) is 6.42 Å². The van der Waals surface area contributed by atoms with Gasteiger partial charge in [-0.2, -0.15) is 0 Å². The van der Waals surface area contributed by atoms with E-state index < -0.39 is 6.10 Å². The van der Waals surface area contributed by atoms with E-state index in [0.29, 0.717) is 25.7 Å². The summed E-state index contributed by atoms with van der Waals surface area (Å²) in [5.41, 5.74) is 0.872. The van der Waals surface area contributed by atoms with Gasteiger partial charge in [0.05, 0.1) is 25.4 Å². The Balaban J connectivity index is 1.56. The second-order valence-electron chi connectivity index (χ2n) is 4.81. The van der Waals surface area contributed by atoms with Crippen LogP contribution in [0.25, 0.3) is 0 Å². The molecule has 1 saturated carbocycles. The van der Waals surface area contributed by atoms with Crippen molar-refractivity contribution >= 4 is 0 Å². The third-order valence-corrected chi connectivity index (χ3v) is 3.20. The van der Waals surface area contributed by atoms with Gasteiger partial charge in [0.25, 0.3) is 0 Å². The zero-order valence-electron chi connectivity index (χ0n) is 10.2. The van der Waals surface area contributed by atoms with Gasteiger partial charge in [0.2, 0.25) is 0 Å². The first-order chi connectivity index (χ1) is 8.81. The predicted octanol–water partition coefficient (Wildman–Crippen LogP) is 2.02. The Labute approximate surface area is 106 Å². The number of ether oxygens (including phenoxy) is 3. The van der Waals surface area contributed by atoms with Crippen LogP contribution < -0.4 is 4.74 Å². The molecule has 0 radical (unpaired) electrons. The lowest BCUT2D eigenvalue weighted by molar-refractivity contribution is -0.0707. The van der Waals surface area contributed by atoms with Gasteiger partial charge < -0.3 is 19.3 Å². The van der Waals surface area contributed by atoms with Crippen LogP contribution in [0, 0.1) is 0 Å². The molecule has 1 heterocycles. The Morgan fingerprint density at radius 3 is 2.44 bits per heavy atom. The predicted molar refractivity (Wildman–Crippen MR) is 65.4 cm³/mol. The van der Waals surface area contributed by atoms with E-state index in [1.807, 2.05) is 24.3 Å². The molecular weight excluding hydrogens is 232 g/mol. The van der Waals surface area contributed by atoms with Crippen LogP contribution in [0.2, 0.25) is 0 Å². The molecular formula is C14H18O4. The highest BCUT2D eigenvalue weighted by Crippen LogP contribution is 2.28. The minimum Gasteiger partial charge on any atom is -0.490 e. The molecule has 1 aromatic rings. The Morgan fingerprint density at radius 1 is 1.17 bits per heavy atom. The standard InChI is InChI=1S/C14H18O4/c15-13(9-14-16-7-8-17-14)10-1-3-11(4-2-10)18-12-5-6-12/h1-4,12-15H,5-9H2. The molecule has 0 bridgehead atoms. The van der Waals surface area contributed by atoms with Crippen LogP contribution in [0.5, 0.6) is 5.75 Å². The summed E-state index contributed by atoms with van der Waals surface area (Å²) in [6.07, 6.45) is 2.36. The molecule has 4 nitrogen and oxygen atoms in total. The van der Waals surface area contributed by atoms with Crippen LogP contribution in [0.3, 0.4) is 0 Å². The fourth-order valence-corrected chi connectivity index (χ4v) is 2.01. The van der Waals surface area contributed by atoms with Crippen LogP contribution in [0.1, 0.15) is 30.9 Å². The van der Waals surface area contributed by atoms with Crippen molar-refractivity contribution < 1.29 is 19.3 Å². The topological polar surface area (TPSA) is 47.9 Å². The van der Waals surface area contributed by atoms with E-state index in [1.165, 1.54) is 0 Å². The highest BCUT2D eigenvalue weighted by Gasteiger charge is 2.24. The first-order valence-corrected chi connectivity index (χ1v) is 6.49. The molecule has 1 unspecified atom stereocenters. The third kappa shape index (κ3) is 3.02. The summed E-state index contributed by atoms with van der Waals surface area (Å²) in [5.74, 6) is 0.877. The number of benzene rings is 1. The van der Waals surface area contributed by atoms with Crippen molar-refractivity contribution in [2.24, 2.45) is 0 Å². The zero-order chi connectivity index (χ0) is 12.4. The van der Waals surface area contributed by atoms with E-state index >= 15 is 0 Å². The van der Waals surface area contributed by atoms with Crippen LogP contribution in [0.4, 0.5) is 0 Å². The molecule has 1 aliphatic carbocycles. The molecule has 2 aliphatic rings. The van der Waals surface area contributed by atoms with Crippen molar-refractivity contribution in [1.82, 2.24) is 0 Å². The number of rotatable bonds is 5. The van der Waals surface area contributed by atoms with E-state index in [1.54, 1.807) is 0 Å². The summed E-state index contributed by atoms with van der Waals surface area (Å²) in [7, 11) is 0. The molecule has 1 aliphatic heterocycles. The fourth-order valence-electron chi connectivity index (χ4n) is 2.01. The summed E-state index contributed by atoms with van der Waals surface area (Å²) in [6, 6.07) is 7.62. The smallest absolute Gasteiger partial charge is 0.160 e. The maximum absolute atomic E-state index is 10.1. The highest BCUT2D eigenvalue weighted by molar-refractivity contribution is 5.29. The quantitative estimate of drug-likeness (QED) is 0.868. The lowest BCUT2D eigenvalue weighted by atomic mass is 10.1. The Kier molecular flexibility index (Phi) is 3.50. The molecule has 0 aromatic heterocycles. The summed E-state index contributed by atoms with van der Waals surface area (Å²) >= 11 is 0. The molecule has 18 heavy (non-hydrogen) atoms. The van der Waals surface area contributed by atoms with Crippen molar-refractivity contribution in [2.75, 3.05) is 13.2 Å². The average Bonchev–Trinajstić information content (AvgIpc) is 3.04. The van der Waals surface area contributed by atoms with Crippen LogP contribution in [0.15, 0.2) is 24.3 Å². The van der Waals surface area contributed by atoms with Gasteiger partial charge in [-0.1, -0.05) is 12.1 Å². The molecule has 0 amide bonds. The van der Waals surface area contributed by atoms with Gasteiger partial charge in [-0.3, -0.25) is 0 Å². The lowest BCUT2D eigenvalue weighted by Crippen LogP contribution is -2.13. The van der Waals surface area contributed by atoms with E-state index in [4.69, 9.17) is 14.2 Å². The summed E-state index contributed by atoms with van der Waals surface area (Å²) in [5, 5.41) is 10.1. The Hall–Kier alpha value is -1.10.